The highest BCUT2D eigenvalue weighted by molar-refractivity contribution is 6.07. The second-order valence-corrected chi connectivity index (χ2v) is 11.9. The topological polar surface area (TPSA) is 25.2 Å². The molecule has 0 saturated heterocycles. The van der Waals surface area contributed by atoms with Gasteiger partial charge >= 0.3 is 0 Å². The second-order valence-electron chi connectivity index (χ2n) is 11.9. The summed E-state index contributed by atoms with van der Waals surface area (Å²) >= 11 is 0. The predicted octanol–water partition coefficient (Wildman–Crippen LogP) is 10.3. The maximum Gasteiger partial charge on any atom is 0.155 e. The lowest BCUT2D eigenvalue weighted by Gasteiger charge is -2.34. The number of allylic oxidation sites excluding steroid dienone is 1. The zero-order valence-corrected chi connectivity index (χ0v) is 24.9. The average molecular weight is 565 g/mol. The van der Waals surface area contributed by atoms with E-state index in [0.29, 0.717) is 0 Å². The standard InChI is InChI=1S/C42H32N2/c1-28-13-9-10-14-30(28)22-24-40-29(2)37-25-32(27-43-41(37)44-40)31-21-23-36-35-19-11-12-20-38(35)42(39(36)26-31,33-15-5-3-6-16-33)34-17-7-4-8-18-34/h3-27,29H,1-2H3/b24-22-. The van der Waals surface area contributed by atoms with E-state index in [1.54, 1.807) is 0 Å². The van der Waals surface area contributed by atoms with E-state index in [-0.39, 0.29) is 5.92 Å². The number of aryl methyl sites for hydroxylation is 1. The second kappa shape index (κ2) is 10.4. The summed E-state index contributed by atoms with van der Waals surface area (Å²) in [6.07, 6.45) is 6.30. The van der Waals surface area contributed by atoms with Crippen LogP contribution in [0.25, 0.3) is 28.3 Å². The predicted molar refractivity (Wildman–Crippen MR) is 183 cm³/mol. The van der Waals surface area contributed by atoms with Gasteiger partial charge in [0.2, 0.25) is 0 Å². The molecular formula is C42H32N2. The lowest BCUT2D eigenvalue weighted by molar-refractivity contribution is 0.769. The van der Waals surface area contributed by atoms with E-state index in [2.05, 4.69) is 159 Å². The summed E-state index contributed by atoms with van der Waals surface area (Å²) in [5.41, 5.74) is 14.3. The SMILES string of the molecule is Cc1ccccc1/C=C\C1=Nc2ncc(-c3ccc4c(c3)C(c3ccccc3)(c3ccccc3)c3ccccc3-4)cc2C1C. The van der Waals surface area contributed by atoms with E-state index < -0.39 is 5.41 Å². The van der Waals surface area contributed by atoms with Gasteiger partial charge in [-0.15, -0.1) is 0 Å². The number of benzene rings is 5. The van der Waals surface area contributed by atoms with Crippen LogP contribution < -0.4 is 0 Å². The molecule has 1 aliphatic carbocycles. The van der Waals surface area contributed by atoms with Crippen LogP contribution in [0.4, 0.5) is 5.82 Å². The minimum absolute atomic E-state index is 0.170. The Morgan fingerprint density at radius 3 is 2.02 bits per heavy atom. The van der Waals surface area contributed by atoms with Gasteiger partial charge < -0.3 is 0 Å². The molecule has 0 fully saturated rings. The maximum absolute atomic E-state index is 4.92. The highest BCUT2D eigenvalue weighted by Crippen LogP contribution is 2.56. The third-order valence-corrected chi connectivity index (χ3v) is 9.45. The molecule has 2 heterocycles. The summed E-state index contributed by atoms with van der Waals surface area (Å²) in [5, 5.41) is 0. The van der Waals surface area contributed by atoms with Gasteiger partial charge in [-0.2, -0.15) is 0 Å². The fourth-order valence-electron chi connectivity index (χ4n) is 7.18. The molecule has 0 amide bonds. The Bertz CT molecular complexity index is 2050. The van der Waals surface area contributed by atoms with Crippen molar-refractivity contribution >= 4 is 17.6 Å². The van der Waals surface area contributed by atoms with Crippen molar-refractivity contribution in [1.82, 2.24) is 4.98 Å². The Kier molecular flexibility index (Phi) is 6.23. The summed E-state index contributed by atoms with van der Waals surface area (Å²) in [7, 11) is 0. The fourth-order valence-corrected chi connectivity index (χ4v) is 7.18. The molecule has 0 N–H and O–H groups in total. The number of fused-ring (bicyclic) bond motifs is 4. The minimum atomic E-state index is -0.418. The molecule has 1 atom stereocenters. The molecule has 1 aromatic heterocycles. The van der Waals surface area contributed by atoms with E-state index >= 15 is 0 Å². The summed E-state index contributed by atoms with van der Waals surface area (Å²) < 4.78 is 0. The molecule has 6 aromatic rings. The summed E-state index contributed by atoms with van der Waals surface area (Å²) in [6, 6.07) is 48.5. The Labute approximate surface area is 259 Å². The van der Waals surface area contributed by atoms with Gasteiger partial charge in [-0.05, 0) is 75.2 Å². The van der Waals surface area contributed by atoms with Crippen LogP contribution >= 0.6 is 0 Å². The lowest BCUT2D eigenvalue weighted by atomic mass is 9.67. The Morgan fingerprint density at radius 1 is 0.614 bits per heavy atom. The molecule has 1 unspecified atom stereocenters. The number of nitrogens with zero attached hydrogens (tertiary/aromatic N) is 2. The zero-order valence-electron chi connectivity index (χ0n) is 24.9. The van der Waals surface area contributed by atoms with Crippen molar-refractivity contribution in [3.8, 4) is 22.3 Å². The van der Waals surface area contributed by atoms with E-state index in [1.807, 2.05) is 6.20 Å². The first-order valence-corrected chi connectivity index (χ1v) is 15.3. The fraction of sp³-hybridized carbons (Fsp3) is 0.0952. The van der Waals surface area contributed by atoms with E-state index in [4.69, 9.17) is 9.98 Å². The Hall–Kier alpha value is -5.34. The number of hydrogen-bond donors (Lipinski definition) is 0. The Balaban J connectivity index is 1.24. The smallest absolute Gasteiger partial charge is 0.155 e. The quantitative estimate of drug-likeness (QED) is 0.204. The maximum atomic E-state index is 4.92. The van der Waals surface area contributed by atoms with Gasteiger partial charge in [-0.3, -0.25) is 0 Å². The average Bonchev–Trinajstić information content (AvgIpc) is 3.56. The third-order valence-electron chi connectivity index (χ3n) is 9.45. The van der Waals surface area contributed by atoms with Crippen molar-refractivity contribution in [1.29, 1.82) is 0 Å². The first kappa shape index (κ1) is 26.3. The lowest BCUT2D eigenvalue weighted by Crippen LogP contribution is -2.28. The van der Waals surface area contributed by atoms with Gasteiger partial charge in [0.05, 0.1) is 11.1 Å². The van der Waals surface area contributed by atoms with Gasteiger partial charge in [-0.1, -0.05) is 134 Å². The van der Waals surface area contributed by atoms with Gasteiger partial charge in [0.25, 0.3) is 0 Å². The summed E-state index contributed by atoms with van der Waals surface area (Å²) in [5.74, 6) is 0.992. The minimum Gasteiger partial charge on any atom is -0.236 e. The van der Waals surface area contributed by atoms with E-state index in [1.165, 1.54) is 55.6 Å². The van der Waals surface area contributed by atoms with Gasteiger partial charge in [-0.25, -0.2) is 9.98 Å². The van der Waals surface area contributed by atoms with Crippen LogP contribution in [0.15, 0.2) is 151 Å². The van der Waals surface area contributed by atoms with Crippen LogP contribution in [0.5, 0.6) is 0 Å². The van der Waals surface area contributed by atoms with Crippen molar-refractivity contribution in [3.05, 3.63) is 185 Å². The van der Waals surface area contributed by atoms with Crippen molar-refractivity contribution in [2.24, 2.45) is 4.99 Å². The normalized spacial score (nSPS) is 16.0. The first-order valence-electron chi connectivity index (χ1n) is 15.3. The molecule has 8 rings (SSSR count). The van der Waals surface area contributed by atoms with Gasteiger partial charge in [0, 0.05) is 23.2 Å². The highest BCUT2D eigenvalue weighted by atomic mass is 14.9. The van der Waals surface area contributed by atoms with Crippen LogP contribution in [0, 0.1) is 6.92 Å². The Morgan fingerprint density at radius 2 is 1.27 bits per heavy atom. The molecule has 1 aliphatic heterocycles. The molecule has 2 aliphatic rings. The van der Waals surface area contributed by atoms with E-state index in [9.17, 15) is 0 Å². The molecule has 0 saturated carbocycles. The third kappa shape index (κ3) is 4.02. The molecule has 2 nitrogen and oxygen atoms in total. The molecule has 5 aromatic carbocycles. The summed E-state index contributed by atoms with van der Waals surface area (Å²) in [4.78, 5) is 9.79. The molecule has 0 radical (unpaired) electrons. The van der Waals surface area contributed by atoms with Crippen molar-refractivity contribution < 1.29 is 0 Å². The molecule has 0 bridgehead atoms. The molecule has 2 heteroatoms. The number of pyridine rings is 1. The van der Waals surface area contributed by atoms with Crippen LogP contribution in [0.1, 0.15) is 51.8 Å². The molecule has 44 heavy (non-hydrogen) atoms. The number of aromatic nitrogens is 1. The van der Waals surface area contributed by atoms with Gasteiger partial charge in [0.15, 0.2) is 5.82 Å². The van der Waals surface area contributed by atoms with Crippen molar-refractivity contribution in [2.45, 2.75) is 25.2 Å². The van der Waals surface area contributed by atoms with Crippen LogP contribution in [0.3, 0.4) is 0 Å². The highest BCUT2D eigenvalue weighted by Gasteiger charge is 2.46. The van der Waals surface area contributed by atoms with Crippen LogP contribution in [-0.4, -0.2) is 10.7 Å². The van der Waals surface area contributed by atoms with Crippen LogP contribution in [-0.2, 0) is 5.41 Å². The van der Waals surface area contributed by atoms with Crippen LogP contribution in [0.2, 0.25) is 0 Å². The summed E-state index contributed by atoms with van der Waals surface area (Å²) in [6.45, 7) is 4.37. The van der Waals surface area contributed by atoms with Gasteiger partial charge in [0.1, 0.15) is 0 Å². The molecule has 210 valence electrons. The largest absolute Gasteiger partial charge is 0.236 e. The number of hydrogen-bond acceptors (Lipinski definition) is 2. The molecular weight excluding hydrogens is 532 g/mol. The zero-order chi connectivity index (χ0) is 29.7. The monoisotopic (exact) mass is 564 g/mol. The van der Waals surface area contributed by atoms with Crippen molar-refractivity contribution in [3.63, 3.8) is 0 Å². The van der Waals surface area contributed by atoms with Crippen molar-refractivity contribution in [2.75, 3.05) is 0 Å². The number of rotatable bonds is 5. The first-order chi connectivity index (χ1) is 21.6. The molecule has 0 spiro atoms. The number of aliphatic imine (C=N–C) groups is 1. The van der Waals surface area contributed by atoms with E-state index in [0.717, 1.165) is 17.1 Å².